The summed E-state index contributed by atoms with van der Waals surface area (Å²) in [6.07, 6.45) is -4.23. The number of imidazole rings is 2. The Labute approximate surface area is 246 Å². The fraction of sp³-hybridized carbons (Fsp3) is 0.286. The number of aromatic amines is 2. The molecule has 2 aromatic heterocycles. The number of H-pyrrole nitrogens is 2. The van der Waals surface area contributed by atoms with E-state index in [1.807, 2.05) is 0 Å². The molecule has 44 heavy (non-hydrogen) atoms. The molecule has 0 fully saturated rings. The fourth-order valence-corrected chi connectivity index (χ4v) is 3.93. The maximum atomic E-state index is 12.8. The highest BCUT2D eigenvalue weighted by atomic mass is 19.4. The first-order chi connectivity index (χ1) is 20.9. The Bertz CT molecular complexity index is 1450. The second-order valence-electron chi connectivity index (χ2n) is 9.42. The molecule has 0 unspecified atom stereocenters. The molecule has 2 heterocycles. The molecule has 0 saturated carbocycles. The molecule has 0 atom stereocenters. The zero-order valence-corrected chi connectivity index (χ0v) is 22.8. The number of aromatic nitrogens is 4. The molecule has 234 valence electrons. The Morgan fingerprint density at radius 1 is 0.682 bits per heavy atom. The number of ether oxygens (including phenoxy) is 2. The SMILES string of the molecule is O=C(Oc1ncc(CCCNc2cccc(C(F)(F)F)c2)[nH]1)C(=O)Oc1ncc(CCCNc2cccc(C(F)(F)F)c2)[nH]1. The molecule has 4 N–H and O–H groups in total. The standard InChI is InChI=1S/C28H26F6N6O4/c29-27(30,31)17-5-1-7-19(13-17)35-11-3-9-21-15-37-25(39-21)43-23(41)24(42)44-26-38-16-22(40-26)10-4-12-36-20-8-2-6-18(14-20)28(32,33)34/h1-2,5-8,13-16,35-36H,3-4,9-12H2,(H,37,39)(H,38,40). The molecule has 0 aliphatic heterocycles. The predicted molar refractivity (Wildman–Crippen MR) is 145 cm³/mol. The number of aryl methyl sites for hydroxylation is 2. The quantitative estimate of drug-likeness (QED) is 0.0676. The normalized spacial score (nSPS) is 11.7. The Hall–Kier alpha value is -5.02. The van der Waals surface area contributed by atoms with Gasteiger partial charge in [-0.3, -0.25) is 0 Å². The van der Waals surface area contributed by atoms with Crippen molar-refractivity contribution < 1.29 is 45.4 Å². The summed E-state index contributed by atoms with van der Waals surface area (Å²) in [7, 11) is 0. The minimum atomic E-state index is -4.43. The number of benzene rings is 2. The van der Waals surface area contributed by atoms with E-state index in [2.05, 4.69) is 30.6 Å². The Morgan fingerprint density at radius 3 is 1.48 bits per heavy atom. The van der Waals surface area contributed by atoms with E-state index in [9.17, 15) is 35.9 Å². The molecular formula is C28H26F6N6O4. The number of carbonyl (C=O) groups is 2. The largest absolute Gasteiger partial charge is 0.425 e. The Kier molecular flexibility index (Phi) is 10.1. The average Bonchev–Trinajstić information content (AvgIpc) is 3.62. The molecule has 16 heteroatoms. The van der Waals surface area contributed by atoms with Crippen molar-refractivity contribution in [3.63, 3.8) is 0 Å². The molecule has 0 spiro atoms. The van der Waals surface area contributed by atoms with E-state index in [0.29, 0.717) is 61.5 Å². The summed E-state index contributed by atoms with van der Waals surface area (Å²) >= 11 is 0. The minimum Gasteiger partial charge on any atom is -0.385 e. The molecular weight excluding hydrogens is 598 g/mol. The van der Waals surface area contributed by atoms with Crippen molar-refractivity contribution in [2.75, 3.05) is 23.7 Å². The smallest absolute Gasteiger partial charge is 0.385 e. The van der Waals surface area contributed by atoms with Crippen molar-refractivity contribution in [3.05, 3.63) is 83.4 Å². The third-order valence-electron chi connectivity index (χ3n) is 6.04. The van der Waals surface area contributed by atoms with E-state index < -0.39 is 35.4 Å². The van der Waals surface area contributed by atoms with E-state index in [0.717, 1.165) is 24.3 Å². The number of anilines is 2. The highest BCUT2D eigenvalue weighted by Crippen LogP contribution is 2.31. The maximum Gasteiger partial charge on any atom is 0.425 e. The fourth-order valence-electron chi connectivity index (χ4n) is 3.93. The van der Waals surface area contributed by atoms with Crippen LogP contribution in [-0.4, -0.2) is 45.0 Å². The highest BCUT2D eigenvalue weighted by molar-refractivity contribution is 6.30. The number of esters is 2. The van der Waals surface area contributed by atoms with E-state index in [-0.39, 0.29) is 12.0 Å². The third-order valence-corrected chi connectivity index (χ3v) is 6.04. The molecule has 10 nitrogen and oxygen atoms in total. The molecule has 4 rings (SSSR count). The Morgan fingerprint density at radius 2 is 1.09 bits per heavy atom. The number of halogens is 6. The van der Waals surface area contributed by atoms with Gasteiger partial charge >= 0.3 is 36.3 Å². The van der Waals surface area contributed by atoms with Crippen molar-refractivity contribution in [2.24, 2.45) is 0 Å². The van der Waals surface area contributed by atoms with Gasteiger partial charge in [0.05, 0.1) is 23.5 Å². The van der Waals surface area contributed by atoms with Crippen LogP contribution in [0.25, 0.3) is 0 Å². The number of alkyl halides is 6. The number of hydrogen-bond donors (Lipinski definition) is 4. The lowest BCUT2D eigenvalue weighted by molar-refractivity contribution is -0.156. The molecule has 0 bridgehead atoms. The molecule has 0 saturated heterocycles. The minimum absolute atomic E-state index is 0.249. The van der Waals surface area contributed by atoms with Crippen LogP contribution in [0.5, 0.6) is 12.0 Å². The van der Waals surface area contributed by atoms with Crippen LogP contribution in [0.3, 0.4) is 0 Å². The summed E-state index contributed by atoms with van der Waals surface area (Å²) in [5.74, 6) is -2.72. The van der Waals surface area contributed by atoms with Gasteiger partial charge in [0.1, 0.15) is 0 Å². The van der Waals surface area contributed by atoms with Crippen LogP contribution in [0.1, 0.15) is 35.4 Å². The molecule has 0 aliphatic carbocycles. The predicted octanol–water partition coefficient (Wildman–Crippen LogP) is 5.77. The third kappa shape index (κ3) is 9.50. The lowest BCUT2D eigenvalue weighted by Gasteiger charge is -2.10. The van der Waals surface area contributed by atoms with Gasteiger partial charge in [0.15, 0.2) is 0 Å². The summed E-state index contributed by atoms with van der Waals surface area (Å²) in [4.78, 5) is 37.4. The van der Waals surface area contributed by atoms with Gasteiger partial charge in [-0.25, -0.2) is 19.6 Å². The molecule has 0 amide bonds. The zero-order chi connectivity index (χ0) is 31.7. The van der Waals surface area contributed by atoms with Gasteiger partial charge in [0.25, 0.3) is 0 Å². The summed E-state index contributed by atoms with van der Waals surface area (Å²) in [5.41, 5.74) is 0.267. The second-order valence-corrected chi connectivity index (χ2v) is 9.42. The number of carbonyl (C=O) groups excluding carboxylic acids is 2. The molecule has 0 radical (unpaired) electrons. The lowest BCUT2D eigenvalue weighted by atomic mass is 10.2. The van der Waals surface area contributed by atoms with Crippen LogP contribution in [0.4, 0.5) is 37.7 Å². The first-order valence-electron chi connectivity index (χ1n) is 13.2. The van der Waals surface area contributed by atoms with Gasteiger partial charge < -0.3 is 30.1 Å². The van der Waals surface area contributed by atoms with Crippen LogP contribution in [0, 0.1) is 0 Å². The monoisotopic (exact) mass is 624 g/mol. The number of rotatable bonds is 12. The van der Waals surface area contributed by atoms with Crippen molar-refractivity contribution in [2.45, 2.75) is 38.0 Å². The van der Waals surface area contributed by atoms with Gasteiger partial charge in [-0.2, -0.15) is 26.3 Å². The first-order valence-corrected chi connectivity index (χ1v) is 13.2. The average molecular weight is 625 g/mol. The van der Waals surface area contributed by atoms with Crippen LogP contribution >= 0.6 is 0 Å². The molecule has 0 aliphatic rings. The topological polar surface area (TPSA) is 134 Å². The van der Waals surface area contributed by atoms with Crippen LogP contribution in [0.2, 0.25) is 0 Å². The van der Waals surface area contributed by atoms with Crippen molar-refractivity contribution in [1.82, 2.24) is 19.9 Å². The molecule has 2 aromatic carbocycles. The summed E-state index contributed by atoms with van der Waals surface area (Å²) in [6, 6.07) is 9.17. The second kappa shape index (κ2) is 14.0. The van der Waals surface area contributed by atoms with Gasteiger partial charge in [-0.05, 0) is 62.1 Å². The zero-order valence-electron chi connectivity index (χ0n) is 22.8. The van der Waals surface area contributed by atoms with Gasteiger partial charge in [0, 0.05) is 35.9 Å². The van der Waals surface area contributed by atoms with E-state index in [1.54, 1.807) is 0 Å². The van der Waals surface area contributed by atoms with Gasteiger partial charge in [0.2, 0.25) is 0 Å². The summed E-state index contributed by atoms with van der Waals surface area (Å²) in [5, 5.41) is 5.81. The highest BCUT2D eigenvalue weighted by Gasteiger charge is 2.31. The van der Waals surface area contributed by atoms with Crippen molar-refractivity contribution in [3.8, 4) is 12.0 Å². The Balaban J connectivity index is 1.15. The maximum absolute atomic E-state index is 12.8. The molecule has 4 aromatic rings. The first kappa shape index (κ1) is 31.9. The van der Waals surface area contributed by atoms with Gasteiger partial charge in [-0.15, -0.1) is 0 Å². The van der Waals surface area contributed by atoms with Gasteiger partial charge in [-0.1, -0.05) is 12.1 Å². The van der Waals surface area contributed by atoms with Crippen LogP contribution in [0.15, 0.2) is 60.9 Å². The lowest BCUT2D eigenvalue weighted by Crippen LogP contribution is -2.26. The summed E-state index contributed by atoms with van der Waals surface area (Å²) in [6.45, 7) is 0.721. The summed E-state index contributed by atoms with van der Waals surface area (Å²) < 4.78 is 86.7. The van der Waals surface area contributed by atoms with E-state index in [1.165, 1.54) is 36.7 Å². The van der Waals surface area contributed by atoms with Crippen molar-refractivity contribution in [1.29, 1.82) is 0 Å². The number of hydrogen-bond acceptors (Lipinski definition) is 8. The van der Waals surface area contributed by atoms with Crippen LogP contribution in [-0.2, 0) is 34.8 Å². The number of nitrogens with one attached hydrogen (secondary N) is 4. The van der Waals surface area contributed by atoms with Crippen molar-refractivity contribution >= 4 is 23.3 Å². The van der Waals surface area contributed by atoms with E-state index in [4.69, 9.17) is 9.47 Å². The number of nitrogens with zero attached hydrogens (tertiary/aromatic N) is 2. The van der Waals surface area contributed by atoms with E-state index >= 15 is 0 Å². The van der Waals surface area contributed by atoms with Crippen LogP contribution < -0.4 is 20.1 Å².